The first-order valence-corrected chi connectivity index (χ1v) is 26.4. The van der Waals surface area contributed by atoms with Crippen LogP contribution in [0.25, 0.3) is 10.8 Å². The van der Waals surface area contributed by atoms with Crippen LogP contribution in [-0.4, -0.2) is 99.1 Å². The fourth-order valence-electron chi connectivity index (χ4n) is 6.43. The van der Waals surface area contributed by atoms with Crippen LogP contribution in [0.2, 0.25) is 25.7 Å². The molecular weight excluding hydrogens is 932 g/mol. The van der Waals surface area contributed by atoms with Crippen LogP contribution in [0.5, 0.6) is 5.75 Å². The van der Waals surface area contributed by atoms with Gasteiger partial charge in [-0.15, -0.1) is 0 Å². The number of fused-ring (bicyclic) bond motifs is 1. The Morgan fingerprint density at radius 2 is 1.44 bits per heavy atom. The van der Waals surface area contributed by atoms with Gasteiger partial charge in [-0.25, -0.2) is 32.6 Å². The van der Waals surface area contributed by atoms with E-state index in [9.17, 15) is 50.7 Å². The molecule has 68 heavy (non-hydrogen) atoms. The molecule has 1 aromatic heterocycles. The van der Waals surface area contributed by atoms with Gasteiger partial charge in [-0.2, -0.15) is 18.1 Å². The molecule has 4 amide bonds. The average molecular weight is 990 g/mol. The lowest BCUT2D eigenvalue weighted by Crippen LogP contribution is -2.44. The van der Waals surface area contributed by atoms with E-state index in [2.05, 4.69) is 35.3 Å². The molecule has 1 heterocycles. The van der Waals surface area contributed by atoms with Crippen molar-refractivity contribution in [3.63, 3.8) is 0 Å². The van der Waals surface area contributed by atoms with Gasteiger partial charge in [0.1, 0.15) is 17.0 Å². The first-order valence-electron chi connectivity index (χ1n) is 21.2. The highest BCUT2D eigenvalue weighted by molar-refractivity contribution is 7.92. The molecule has 4 rings (SSSR count). The van der Waals surface area contributed by atoms with Gasteiger partial charge in [0.25, 0.3) is 9.84 Å². The topological polar surface area (TPSA) is 220 Å². The fourth-order valence-corrected chi connectivity index (χ4v) is 8.11. The van der Waals surface area contributed by atoms with Gasteiger partial charge in [-0.05, 0) is 131 Å². The highest BCUT2D eigenvalue weighted by Crippen LogP contribution is 2.35. The predicted molar refractivity (Wildman–Crippen MR) is 251 cm³/mol. The number of carboxylic acid groups (broad SMARTS) is 1. The molecular formula is C46H58F3N5O12SSi. The van der Waals surface area contributed by atoms with E-state index < -0.39 is 87.8 Å². The van der Waals surface area contributed by atoms with Crippen LogP contribution in [0.15, 0.2) is 71.8 Å². The van der Waals surface area contributed by atoms with Crippen LogP contribution in [0.1, 0.15) is 70.7 Å². The number of sulfone groups is 1. The first-order chi connectivity index (χ1) is 31.3. The van der Waals surface area contributed by atoms with E-state index in [0.29, 0.717) is 44.8 Å². The number of halogens is 3. The number of hydrogen-bond acceptors (Lipinski definition) is 13. The molecule has 4 aromatic rings. The minimum Gasteiger partial charge on any atom is -0.496 e. The van der Waals surface area contributed by atoms with Crippen molar-refractivity contribution in [1.82, 2.24) is 9.88 Å². The molecule has 0 saturated heterocycles. The van der Waals surface area contributed by atoms with E-state index >= 15 is 0 Å². The Morgan fingerprint density at radius 1 is 0.824 bits per heavy atom. The molecule has 3 aromatic carbocycles. The number of aryl methyl sites for hydroxylation is 1. The SMILES string of the molecule is COc1ccc(C(Nc2ccc3c(N(C(=O)OC(C)(C)C)C(=O)OC(C)(C)C)nccc3c2)C(=O)O)cc1CCC(=O)Nc1ccc(S(=O)(=O)C(F)(F)F)c(CN(C)C(=O)OCC[Si](C)(C)C)c1. The zero-order valence-corrected chi connectivity index (χ0v) is 41.6. The Kier molecular flexibility index (Phi) is 16.9. The number of nitrogens with one attached hydrogen (secondary N) is 2. The van der Waals surface area contributed by atoms with E-state index in [-0.39, 0.29) is 36.5 Å². The molecule has 0 radical (unpaired) electrons. The summed E-state index contributed by atoms with van der Waals surface area (Å²) in [4.78, 5) is 70.4. The van der Waals surface area contributed by atoms with Crippen molar-refractivity contribution in [2.24, 2.45) is 0 Å². The van der Waals surface area contributed by atoms with Gasteiger partial charge in [-0.1, -0.05) is 25.7 Å². The normalized spacial score (nSPS) is 12.7. The monoisotopic (exact) mass is 989 g/mol. The summed E-state index contributed by atoms with van der Waals surface area (Å²) in [5.74, 6) is -1.67. The molecule has 370 valence electrons. The molecule has 0 aliphatic heterocycles. The number of anilines is 3. The van der Waals surface area contributed by atoms with Crippen LogP contribution in [0.4, 0.5) is 44.7 Å². The Bertz CT molecular complexity index is 2620. The number of alkyl halides is 3. The summed E-state index contributed by atoms with van der Waals surface area (Å²) in [5.41, 5.74) is -7.05. The Morgan fingerprint density at radius 3 is 2.00 bits per heavy atom. The highest BCUT2D eigenvalue weighted by atomic mass is 32.2. The van der Waals surface area contributed by atoms with Gasteiger partial charge in [0.15, 0.2) is 11.9 Å². The van der Waals surface area contributed by atoms with Crippen molar-refractivity contribution in [3.8, 4) is 5.75 Å². The van der Waals surface area contributed by atoms with Crippen LogP contribution in [0, 0.1) is 0 Å². The molecule has 0 spiro atoms. The number of benzene rings is 3. The maximum absolute atomic E-state index is 13.7. The summed E-state index contributed by atoms with van der Waals surface area (Å²) in [5, 5.41) is 16.8. The van der Waals surface area contributed by atoms with Crippen molar-refractivity contribution in [1.29, 1.82) is 0 Å². The third-order valence-corrected chi connectivity index (χ3v) is 13.0. The minimum absolute atomic E-state index is 0.00781. The van der Waals surface area contributed by atoms with Crippen molar-refractivity contribution in [2.75, 3.05) is 36.3 Å². The van der Waals surface area contributed by atoms with Gasteiger partial charge in [0, 0.05) is 44.5 Å². The molecule has 0 saturated carbocycles. The summed E-state index contributed by atoms with van der Waals surface area (Å²) in [6, 6.07) is 12.9. The van der Waals surface area contributed by atoms with Gasteiger partial charge in [0.05, 0.1) is 25.2 Å². The second-order valence-corrected chi connectivity index (χ2v) is 26.5. The maximum Gasteiger partial charge on any atom is 0.501 e. The lowest BCUT2D eigenvalue weighted by molar-refractivity contribution is -0.138. The van der Waals surface area contributed by atoms with Gasteiger partial charge >= 0.3 is 29.8 Å². The molecule has 1 unspecified atom stereocenters. The average Bonchev–Trinajstić information content (AvgIpc) is 3.19. The molecule has 0 bridgehead atoms. The largest absolute Gasteiger partial charge is 0.501 e. The fraction of sp³-hybridized carbons (Fsp3) is 0.435. The van der Waals surface area contributed by atoms with E-state index in [1.807, 2.05) is 0 Å². The number of aliphatic carboxylic acids is 1. The number of carboxylic acids is 1. The standard InChI is InChI=1S/C46H58F3N5O12SSi/c1-44(2,3)65-42(59)54(43(60)66-45(4,5)6)39-34-16-14-33(25-28(34)20-21-50-39)52-38(40(56)57)30-12-17-35(63-8)29(24-30)13-19-37(55)51-32-15-18-36(67(61,62)46(47,48)49)31(26-32)27-53(7)41(58)64-22-23-68(9,10)11/h12,14-18,20-21,24-26,38,52H,13,19,22-23,27H2,1-11H3,(H,51,55)(H,56,57). The van der Waals surface area contributed by atoms with E-state index in [0.717, 1.165) is 17.0 Å². The number of carbonyl (C=O) groups excluding carboxylic acids is 4. The highest BCUT2D eigenvalue weighted by Gasteiger charge is 2.48. The summed E-state index contributed by atoms with van der Waals surface area (Å²) < 4.78 is 88.0. The molecule has 3 N–H and O–H groups in total. The lowest BCUT2D eigenvalue weighted by Gasteiger charge is -2.28. The first kappa shape index (κ1) is 54.2. The molecule has 17 nitrogen and oxygen atoms in total. The molecule has 22 heteroatoms. The van der Waals surface area contributed by atoms with Crippen LogP contribution in [-0.2, 0) is 46.6 Å². The zero-order valence-electron chi connectivity index (χ0n) is 39.8. The number of carbonyl (C=O) groups is 5. The van der Waals surface area contributed by atoms with Crippen molar-refractivity contribution < 1.29 is 69.6 Å². The number of imide groups is 1. The number of aromatic nitrogens is 1. The van der Waals surface area contributed by atoms with Crippen LogP contribution < -0.4 is 20.3 Å². The third-order valence-electron chi connectivity index (χ3n) is 9.66. The summed E-state index contributed by atoms with van der Waals surface area (Å²) in [6.45, 7) is 15.5. The summed E-state index contributed by atoms with van der Waals surface area (Å²) >= 11 is 0. The number of hydrogen-bond donors (Lipinski definition) is 3. The van der Waals surface area contributed by atoms with Crippen molar-refractivity contribution in [3.05, 3.63) is 83.6 Å². The summed E-state index contributed by atoms with van der Waals surface area (Å²) in [6.07, 6.45) is -1.81. The maximum atomic E-state index is 13.7. The second kappa shape index (κ2) is 21.3. The second-order valence-electron chi connectivity index (χ2n) is 19.0. The number of ether oxygens (including phenoxy) is 4. The number of methoxy groups -OCH3 is 1. The Balaban J connectivity index is 1.58. The van der Waals surface area contributed by atoms with Crippen LogP contribution in [0.3, 0.4) is 0 Å². The molecule has 1 atom stereocenters. The van der Waals surface area contributed by atoms with E-state index in [1.54, 1.807) is 59.7 Å². The zero-order chi connectivity index (χ0) is 51.2. The van der Waals surface area contributed by atoms with Crippen molar-refractivity contribution >= 4 is 76.0 Å². The Hall–Kier alpha value is -6.42. The quantitative estimate of drug-likeness (QED) is 0.0703. The Labute approximate surface area is 394 Å². The minimum atomic E-state index is -5.86. The number of pyridine rings is 1. The van der Waals surface area contributed by atoms with E-state index in [4.69, 9.17) is 18.9 Å². The van der Waals surface area contributed by atoms with Gasteiger partial charge < -0.3 is 39.6 Å². The summed E-state index contributed by atoms with van der Waals surface area (Å²) in [7, 11) is -4.84. The van der Waals surface area contributed by atoms with E-state index in [1.165, 1.54) is 44.6 Å². The number of amides is 4. The third kappa shape index (κ3) is 14.8. The lowest BCUT2D eigenvalue weighted by atomic mass is 9.99. The predicted octanol–water partition coefficient (Wildman–Crippen LogP) is 9.93. The molecule has 0 aliphatic carbocycles. The number of rotatable bonds is 16. The van der Waals surface area contributed by atoms with Crippen LogP contribution >= 0.6 is 0 Å². The smallest absolute Gasteiger partial charge is 0.496 e. The van der Waals surface area contributed by atoms with Crippen molar-refractivity contribution in [2.45, 2.75) is 114 Å². The van der Waals surface area contributed by atoms with Gasteiger partial charge in [-0.3, -0.25) is 4.79 Å². The number of nitrogens with zero attached hydrogens (tertiary/aromatic N) is 3. The molecule has 0 aliphatic rings. The van der Waals surface area contributed by atoms with Gasteiger partial charge in [0.2, 0.25) is 5.91 Å². The molecule has 0 fully saturated rings.